The number of rotatable bonds is 3. The van der Waals surface area contributed by atoms with Crippen LogP contribution in [0.25, 0.3) is 0 Å². The van der Waals surface area contributed by atoms with Gasteiger partial charge in [-0.3, -0.25) is 4.79 Å². The monoisotopic (exact) mass is 419 g/mol. The summed E-state index contributed by atoms with van der Waals surface area (Å²) in [6.07, 6.45) is 4.04. The van der Waals surface area contributed by atoms with Crippen molar-refractivity contribution in [2.45, 2.75) is 44.2 Å². The van der Waals surface area contributed by atoms with Gasteiger partial charge in [0.05, 0.1) is 12.0 Å². The molecule has 0 aromatic heterocycles. The number of carbonyl (C=O) groups is 2. The maximum atomic E-state index is 13.4. The molecule has 3 aliphatic heterocycles. The molecule has 0 saturated carbocycles. The third-order valence-corrected chi connectivity index (χ3v) is 7.12. The molecule has 3 heterocycles. The quantitative estimate of drug-likeness (QED) is 0.802. The summed E-state index contributed by atoms with van der Waals surface area (Å²) in [4.78, 5) is 30.3. The van der Waals surface area contributed by atoms with Crippen LogP contribution in [0.5, 0.6) is 5.75 Å². The van der Waals surface area contributed by atoms with Crippen LogP contribution in [0.3, 0.4) is 0 Å². The Balaban J connectivity index is 1.31. The Morgan fingerprint density at radius 2 is 1.97 bits per heavy atom. The fourth-order valence-corrected chi connectivity index (χ4v) is 5.61. The number of likely N-dealkylation sites (tertiary alicyclic amines) is 1. The molecule has 0 unspecified atom stereocenters. The molecule has 6 nitrogen and oxygen atoms in total. The van der Waals surface area contributed by atoms with Crippen LogP contribution in [0.1, 0.15) is 42.0 Å². The number of fused-ring (bicyclic) bond motifs is 4. The van der Waals surface area contributed by atoms with Gasteiger partial charge in [0.15, 0.2) is 0 Å². The van der Waals surface area contributed by atoms with Crippen molar-refractivity contribution in [1.82, 2.24) is 15.1 Å². The van der Waals surface area contributed by atoms with Crippen molar-refractivity contribution >= 4 is 11.9 Å². The van der Waals surface area contributed by atoms with Gasteiger partial charge in [0.1, 0.15) is 5.75 Å². The standard InChI is InChI=1S/C25H29N3O3/c29-19-8-9-20-18(15-19)11-14-27-22(20)16-23-21(24(27)30)7-4-13-28(23)25(31)26-12-10-17-5-2-1-3-6-17/h1-3,5-6,8-9,15,21-23,29H,4,7,10-14,16H2,(H,26,31)/t21-,22+,23-/m0/s1. The van der Waals surface area contributed by atoms with E-state index in [0.717, 1.165) is 43.2 Å². The molecule has 0 aliphatic carbocycles. The lowest BCUT2D eigenvalue weighted by molar-refractivity contribution is -0.148. The Labute approximate surface area is 182 Å². The number of urea groups is 1. The lowest BCUT2D eigenvalue weighted by Gasteiger charge is -2.51. The summed E-state index contributed by atoms with van der Waals surface area (Å²) in [7, 11) is 0. The van der Waals surface area contributed by atoms with Crippen molar-refractivity contribution < 1.29 is 14.7 Å². The lowest BCUT2D eigenvalue weighted by Crippen LogP contribution is -2.61. The van der Waals surface area contributed by atoms with E-state index >= 15 is 0 Å². The van der Waals surface area contributed by atoms with Gasteiger partial charge in [-0.05, 0) is 60.9 Å². The molecule has 2 N–H and O–H groups in total. The largest absolute Gasteiger partial charge is 0.508 e. The van der Waals surface area contributed by atoms with E-state index in [2.05, 4.69) is 17.4 Å². The Bertz CT molecular complexity index is 977. The van der Waals surface area contributed by atoms with E-state index < -0.39 is 0 Å². The molecule has 3 amide bonds. The first-order chi connectivity index (χ1) is 15.1. The first kappa shape index (κ1) is 19.9. The fourth-order valence-electron chi connectivity index (χ4n) is 5.61. The van der Waals surface area contributed by atoms with Gasteiger partial charge in [-0.25, -0.2) is 4.79 Å². The number of piperidine rings is 2. The molecule has 3 aliphatic rings. The predicted molar refractivity (Wildman–Crippen MR) is 118 cm³/mol. The molecule has 2 aromatic rings. The molecule has 6 heteroatoms. The molecule has 5 rings (SSSR count). The number of hydrogen-bond acceptors (Lipinski definition) is 3. The summed E-state index contributed by atoms with van der Waals surface area (Å²) < 4.78 is 0. The average Bonchev–Trinajstić information content (AvgIpc) is 2.79. The van der Waals surface area contributed by atoms with Crippen LogP contribution in [0.2, 0.25) is 0 Å². The molecule has 2 aromatic carbocycles. The van der Waals surface area contributed by atoms with E-state index in [-0.39, 0.29) is 35.7 Å². The molecular formula is C25H29N3O3. The van der Waals surface area contributed by atoms with Crippen LogP contribution in [0.4, 0.5) is 4.79 Å². The molecule has 0 bridgehead atoms. The van der Waals surface area contributed by atoms with Crippen LogP contribution in [-0.4, -0.2) is 52.5 Å². The SMILES string of the molecule is O=C1[C@H]2CCCN(C(=O)NCCc3ccccc3)[C@H]2C[C@@H]2c3ccc(O)cc3CCN12. The second kappa shape index (κ2) is 8.25. The smallest absolute Gasteiger partial charge is 0.317 e. The molecule has 0 radical (unpaired) electrons. The minimum Gasteiger partial charge on any atom is -0.508 e. The third-order valence-electron chi connectivity index (χ3n) is 7.12. The third kappa shape index (κ3) is 3.75. The highest BCUT2D eigenvalue weighted by atomic mass is 16.3. The maximum absolute atomic E-state index is 13.4. The van der Waals surface area contributed by atoms with Gasteiger partial charge in [0.25, 0.3) is 0 Å². The van der Waals surface area contributed by atoms with Crippen molar-refractivity contribution in [3.8, 4) is 5.75 Å². The summed E-state index contributed by atoms with van der Waals surface area (Å²) >= 11 is 0. The van der Waals surface area contributed by atoms with Gasteiger partial charge in [-0.1, -0.05) is 36.4 Å². The maximum Gasteiger partial charge on any atom is 0.317 e. The van der Waals surface area contributed by atoms with Crippen LogP contribution in [-0.2, 0) is 17.6 Å². The summed E-state index contributed by atoms with van der Waals surface area (Å²) in [6.45, 7) is 1.97. The van der Waals surface area contributed by atoms with Gasteiger partial charge < -0.3 is 20.2 Å². The van der Waals surface area contributed by atoms with Crippen molar-refractivity contribution in [3.05, 3.63) is 65.2 Å². The number of benzene rings is 2. The Hall–Kier alpha value is -3.02. The van der Waals surface area contributed by atoms with E-state index in [0.29, 0.717) is 19.6 Å². The van der Waals surface area contributed by atoms with Crippen molar-refractivity contribution in [2.24, 2.45) is 5.92 Å². The summed E-state index contributed by atoms with van der Waals surface area (Å²) in [6, 6.07) is 15.5. The average molecular weight is 420 g/mol. The van der Waals surface area contributed by atoms with Crippen LogP contribution >= 0.6 is 0 Å². The first-order valence-corrected chi connectivity index (χ1v) is 11.3. The van der Waals surface area contributed by atoms with Gasteiger partial charge in [0, 0.05) is 25.7 Å². The van der Waals surface area contributed by atoms with Gasteiger partial charge >= 0.3 is 6.03 Å². The van der Waals surface area contributed by atoms with E-state index in [1.807, 2.05) is 40.1 Å². The second-order valence-corrected chi connectivity index (χ2v) is 8.89. The Kier molecular flexibility index (Phi) is 5.30. The van der Waals surface area contributed by atoms with E-state index in [1.54, 1.807) is 6.07 Å². The Morgan fingerprint density at radius 3 is 2.81 bits per heavy atom. The van der Waals surface area contributed by atoms with E-state index in [9.17, 15) is 14.7 Å². The van der Waals surface area contributed by atoms with Crippen LogP contribution in [0, 0.1) is 5.92 Å². The number of carbonyl (C=O) groups excluding carboxylic acids is 2. The highest BCUT2D eigenvalue weighted by Crippen LogP contribution is 2.44. The first-order valence-electron chi connectivity index (χ1n) is 11.3. The molecule has 2 fully saturated rings. The molecule has 31 heavy (non-hydrogen) atoms. The minimum absolute atomic E-state index is 0.0178. The highest BCUT2D eigenvalue weighted by molar-refractivity contribution is 5.83. The molecule has 2 saturated heterocycles. The zero-order valence-corrected chi connectivity index (χ0v) is 17.7. The van der Waals surface area contributed by atoms with Crippen molar-refractivity contribution in [1.29, 1.82) is 0 Å². The zero-order chi connectivity index (χ0) is 21.4. The zero-order valence-electron chi connectivity index (χ0n) is 17.7. The number of aromatic hydroxyl groups is 1. The minimum atomic E-state index is -0.108. The van der Waals surface area contributed by atoms with Crippen molar-refractivity contribution in [2.75, 3.05) is 19.6 Å². The highest BCUT2D eigenvalue weighted by Gasteiger charge is 2.48. The van der Waals surface area contributed by atoms with E-state index in [4.69, 9.17) is 0 Å². The second-order valence-electron chi connectivity index (χ2n) is 8.89. The van der Waals surface area contributed by atoms with Gasteiger partial charge in [-0.2, -0.15) is 0 Å². The number of hydrogen-bond donors (Lipinski definition) is 2. The molecule has 3 atom stereocenters. The summed E-state index contributed by atoms with van der Waals surface area (Å²) in [5.74, 6) is 0.342. The van der Waals surface area contributed by atoms with E-state index in [1.165, 1.54) is 5.56 Å². The predicted octanol–water partition coefficient (Wildman–Crippen LogP) is 3.25. The Morgan fingerprint density at radius 1 is 1.13 bits per heavy atom. The number of nitrogens with zero attached hydrogens (tertiary/aromatic N) is 2. The van der Waals surface area contributed by atoms with Crippen LogP contribution in [0.15, 0.2) is 48.5 Å². The normalized spacial score (nSPS) is 24.8. The summed E-state index contributed by atoms with van der Waals surface area (Å²) in [5, 5.41) is 12.9. The topological polar surface area (TPSA) is 72.9 Å². The number of amides is 3. The van der Waals surface area contributed by atoms with Gasteiger partial charge in [-0.15, -0.1) is 0 Å². The molecule has 0 spiro atoms. The number of phenolic OH excluding ortho intramolecular Hbond substituents is 1. The number of phenols is 1. The van der Waals surface area contributed by atoms with Crippen LogP contribution < -0.4 is 5.32 Å². The van der Waals surface area contributed by atoms with Crippen molar-refractivity contribution in [3.63, 3.8) is 0 Å². The lowest BCUT2D eigenvalue weighted by atomic mass is 9.76. The van der Waals surface area contributed by atoms with Gasteiger partial charge in [0.2, 0.25) is 5.91 Å². The molecular weight excluding hydrogens is 390 g/mol. The summed E-state index contributed by atoms with van der Waals surface area (Å²) in [5.41, 5.74) is 3.43. The molecule has 162 valence electrons. The number of nitrogens with one attached hydrogen (secondary N) is 1. The fraction of sp³-hybridized carbons (Fsp3) is 0.440.